The molecule has 0 saturated heterocycles. The van der Waals surface area contributed by atoms with E-state index in [0.29, 0.717) is 11.4 Å². The van der Waals surface area contributed by atoms with Crippen LogP contribution in [0.3, 0.4) is 0 Å². The number of imidazole rings is 1. The molecule has 1 aromatic heterocycles. The van der Waals surface area contributed by atoms with Gasteiger partial charge in [0.2, 0.25) is 23.6 Å². The van der Waals surface area contributed by atoms with Gasteiger partial charge in [0.05, 0.1) is 18.5 Å². The van der Waals surface area contributed by atoms with Gasteiger partial charge in [0.1, 0.15) is 12.1 Å². The van der Waals surface area contributed by atoms with E-state index in [1.165, 1.54) is 31.2 Å². The monoisotopic (exact) mass is 515 g/mol. The van der Waals surface area contributed by atoms with Crippen molar-refractivity contribution < 1.29 is 34.2 Å². The number of H-pyrrole nitrogens is 1. The average molecular weight is 516 g/mol. The summed E-state index contributed by atoms with van der Waals surface area (Å²) in [5.41, 5.74) is 11.3. The van der Waals surface area contributed by atoms with E-state index in [2.05, 4.69) is 25.9 Å². The molecule has 1 aromatic rings. The van der Waals surface area contributed by atoms with Gasteiger partial charge >= 0.3 is 5.97 Å². The maximum atomic E-state index is 13.0. The van der Waals surface area contributed by atoms with Crippen LogP contribution in [-0.2, 0) is 30.4 Å². The lowest BCUT2D eigenvalue weighted by molar-refractivity contribution is -0.145. The number of nitrogens with zero attached hydrogens (tertiary/aromatic N) is 1. The highest BCUT2D eigenvalue weighted by molar-refractivity contribution is 7.98. The van der Waals surface area contributed by atoms with Crippen LogP contribution in [-0.4, -0.2) is 92.1 Å². The number of nitrogens with two attached hydrogens (primary N) is 2. The molecule has 35 heavy (non-hydrogen) atoms. The fraction of sp³-hybridized carbons (Fsp3) is 0.600. The smallest absolute Gasteiger partial charge is 0.328 e. The Balaban J connectivity index is 3.01. The SMILES string of the molecule is CSCCC(NC(=O)C(N)CCC(N)=O)C(=O)NC(Cc1cnc[nH]1)C(=O)NC(C(=O)O)C(C)O. The molecule has 10 N–H and O–H groups in total. The lowest BCUT2D eigenvalue weighted by atomic mass is 10.1. The van der Waals surface area contributed by atoms with Gasteiger partial charge in [0.15, 0.2) is 6.04 Å². The third-order valence-corrected chi connectivity index (χ3v) is 5.58. The Bertz CT molecular complexity index is 866. The molecule has 0 aliphatic rings. The number of carbonyl (C=O) groups is 5. The Labute approximate surface area is 206 Å². The number of hydrogen-bond acceptors (Lipinski definition) is 9. The number of carboxylic acids is 1. The minimum Gasteiger partial charge on any atom is -0.480 e. The summed E-state index contributed by atoms with van der Waals surface area (Å²) in [4.78, 5) is 67.3. The summed E-state index contributed by atoms with van der Waals surface area (Å²) in [6, 6.07) is -4.98. The quantitative estimate of drug-likeness (QED) is 0.112. The molecule has 14 nitrogen and oxygen atoms in total. The second kappa shape index (κ2) is 15.0. The number of amides is 4. The number of rotatable bonds is 16. The van der Waals surface area contributed by atoms with Crippen molar-refractivity contribution in [3.63, 3.8) is 0 Å². The van der Waals surface area contributed by atoms with Gasteiger partial charge in [-0.1, -0.05) is 0 Å². The van der Waals surface area contributed by atoms with E-state index in [-0.39, 0.29) is 25.7 Å². The number of aliphatic hydroxyl groups excluding tert-OH is 1. The van der Waals surface area contributed by atoms with Gasteiger partial charge in [0, 0.05) is 24.7 Å². The lowest BCUT2D eigenvalue weighted by Crippen LogP contribution is -2.59. The Kier molecular flexibility index (Phi) is 12.8. The predicted octanol–water partition coefficient (Wildman–Crippen LogP) is -2.78. The van der Waals surface area contributed by atoms with Gasteiger partial charge in [-0.05, 0) is 31.8 Å². The topological polar surface area (TPSA) is 243 Å². The molecule has 0 saturated carbocycles. The summed E-state index contributed by atoms with van der Waals surface area (Å²) in [6.45, 7) is 1.21. The van der Waals surface area contributed by atoms with Gasteiger partial charge in [-0.3, -0.25) is 19.2 Å². The molecule has 1 heterocycles. The summed E-state index contributed by atoms with van der Waals surface area (Å²) in [5, 5.41) is 26.2. The van der Waals surface area contributed by atoms with E-state index in [4.69, 9.17) is 11.5 Å². The van der Waals surface area contributed by atoms with Crippen molar-refractivity contribution in [3.8, 4) is 0 Å². The second-order valence-corrected chi connectivity index (χ2v) is 8.85. The summed E-state index contributed by atoms with van der Waals surface area (Å²) >= 11 is 1.43. The fourth-order valence-electron chi connectivity index (χ4n) is 2.95. The van der Waals surface area contributed by atoms with Crippen molar-refractivity contribution in [1.82, 2.24) is 25.9 Å². The highest BCUT2D eigenvalue weighted by Crippen LogP contribution is 2.06. The number of carboxylic acid groups (broad SMARTS) is 1. The number of nitrogens with one attached hydrogen (secondary N) is 4. The van der Waals surface area contributed by atoms with Crippen LogP contribution in [0, 0.1) is 0 Å². The lowest BCUT2D eigenvalue weighted by Gasteiger charge is -2.25. The van der Waals surface area contributed by atoms with Crippen molar-refractivity contribution in [3.05, 3.63) is 18.2 Å². The van der Waals surface area contributed by atoms with Crippen LogP contribution in [0.15, 0.2) is 12.5 Å². The number of carbonyl (C=O) groups excluding carboxylic acids is 4. The maximum absolute atomic E-state index is 13.0. The third kappa shape index (κ3) is 10.7. The zero-order valence-corrected chi connectivity index (χ0v) is 20.3. The van der Waals surface area contributed by atoms with Crippen molar-refractivity contribution in [1.29, 1.82) is 0 Å². The van der Waals surface area contributed by atoms with Gasteiger partial charge in [-0.15, -0.1) is 0 Å². The molecule has 5 atom stereocenters. The minimum atomic E-state index is -1.60. The van der Waals surface area contributed by atoms with Gasteiger partial charge in [0.25, 0.3) is 0 Å². The number of aromatic amines is 1. The highest BCUT2D eigenvalue weighted by Gasteiger charge is 2.32. The first-order valence-corrected chi connectivity index (χ1v) is 12.2. The van der Waals surface area contributed by atoms with Gasteiger partial charge in [-0.2, -0.15) is 11.8 Å². The van der Waals surface area contributed by atoms with Crippen LogP contribution < -0.4 is 27.4 Å². The van der Waals surface area contributed by atoms with Crippen LogP contribution >= 0.6 is 11.8 Å². The Morgan fingerprint density at radius 2 is 1.71 bits per heavy atom. The van der Waals surface area contributed by atoms with E-state index in [9.17, 15) is 34.2 Å². The van der Waals surface area contributed by atoms with Crippen LogP contribution in [0.4, 0.5) is 0 Å². The molecular weight excluding hydrogens is 482 g/mol. The first-order valence-electron chi connectivity index (χ1n) is 10.8. The second-order valence-electron chi connectivity index (χ2n) is 7.86. The number of hydrogen-bond donors (Lipinski definition) is 8. The molecule has 0 aromatic carbocycles. The Morgan fingerprint density at radius 3 is 2.23 bits per heavy atom. The zero-order valence-electron chi connectivity index (χ0n) is 19.5. The number of primary amides is 1. The zero-order chi connectivity index (χ0) is 26.5. The number of aliphatic hydroxyl groups is 1. The maximum Gasteiger partial charge on any atom is 0.328 e. The summed E-state index contributed by atoms with van der Waals surface area (Å²) in [5.74, 6) is -3.78. The summed E-state index contributed by atoms with van der Waals surface area (Å²) < 4.78 is 0. The minimum absolute atomic E-state index is 0.00118. The van der Waals surface area contributed by atoms with E-state index in [0.717, 1.165) is 0 Å². The number of thioether (sulfide) groups is 1. The van der Waals surface area contributed by atoms with Crippen LogP contribution in [0.2, 0.25) is 0 Å². The van der Waals surface area contributed by atoms with Crippen LogP contribution in [0.5, 0.6) is 0 Å². The molecule has 0 spiro atoms. The normalized spacial score (nSPS) is 15.2. The first-order chi connectivity index (χ1) is 16.5. The third-order valence-electron chi connectivity index (χ3n) is 4.94. The molecule has 0 radical (unpaired) electrons. The standard InChI is InChI=1S/C20H33N7O7S/c1-10(28)16(20(33)34)27-19(32)14(7-11-8-23-9-24-11)26-18(31)13(5-6-35-2)25-17(30)12(21)3-4-15(22)29/h8-10,12-14,16,28H,3-7,21H2,1-2H3,(H2,22,29)(H,23,24)(H,25,30)(H,26,31)(H,27,32)(H,33,34). The molecule has 5 unspecified atom stereocenters. The van der Waals surface area contributed by atoms with Gasteiger partial charge in [-0.25, -0.2) is 9.78 Å². The summed E-state index contributed by atoms with van der Waals surface area (Å²) in [7, 11) is 0. The van der Waals surface area contributed by atoms with E-state index < -0.39 is 59.9 Å². The average Bonchev–Trinajstić information content (AvgIpc) is 3.30. The molecule has 0 bridgehead atoms. The number of aromatic nitrogens is 2. The van der Waals surface area contributed by atoms with E-state index in [1.54, 1.807) is 0 Å². The van der Waals surface area contributed by atoms with Crippen LogP contribution in [0.1, 0.15) is 31.9 Å². The molecule has 1 rings (SSSR count). The molecule has 0 aliphatic carbocycles. The molecule has 196 valence electrons. The van der Waals surface area contributed by atoms with Crippen molar-refractivity contribution in [2.24, 2.45) is 11.5 Å². The van der Waals surface area contributed by atoms with Crippen molar-refractivity contribution in [2.75, 3.05) is 12.0 Å². The molecule has 15 heteroatoms. The Morgan fingerprint density at radius 1 is 1.09 bits per heavy atom. The predicted molar refractivity (Wildman–Crippen MR) is 127 cm³/mol. The van der Waals surface area contributed by atoms with E-state index >= 15 is 0 Å². The number of aliphatic carboxylic acids is 1. The molecule has 4 amide bonds. The van der Waals surface area contributed by atoms with Crippen molar-refractivity contribution >= 4 is 41.4 Å². The van der Waals surface area contributed by atoms with E-state index in [1.807, 2.05) is 6.26 Å². The Hall–Kier alpha value is -3.17. The fourth-order valence-corrected chi connectivity index (χ4v) is 3.42. The first kappa shape index (κ1) is 29.9. The molecule has 0 aliphatic heterocycles. The highest BCUT2D eigenvalue weighted by atomic mass is 32.2. The summed E-state index contributed by atoms with van der Waals surface area (Å²) in [6.07, 6.45) is 3.27. The molecular formula is C20H33N7O7S. The molecule has 0 fully saturated rings. The van der Waals surface area contributed by atoms with Gasteiger partial charge < -0.3 is 42.6 Å². The largest absolute Gasteiger partial charge is 0.480 e. The van der Waals surface area contributed by atoms with Crippen LogP contribution in [0.25, 0.3) is 0 Å². The van der Waals surface area contributed by atoms with Crippen molar-refractivity contribution in [2.45, 2.75) is 62.9 Å².